The van der Waals surface area contributed by atoms with Crippen molar-refractivity contribution >= 4 is 16.9 Å². The maximum atomic E-state index is 13.9. The molecule has 0 unspecified atom stereocenters. The SMILES string of the molecule is COc1ccc(CCOc2c(OC)cccc2[C@@H]2CC(=O)Oc3cc(O)c4c(=O)c(-c5ccc(OC)c(OC)c5)coc4c32)cc1. The molecular weight excluding hydrogens is 592 g/mol. The van der Waals surface area contributed by atoms with Crippen molar-refractivity contribution in [3.05, 3.63) is 99.9 Å². The van der Waals surface area contributed by atoms with Gasteiger partial charge in [0, 0.05) is 29.5 Å². The van der Waals surface area contributed by atoms with Gasteiger partial charge in [-0.15, -0.1) is 0 Å². The Morgan fingerprint density at radius 2 is 1.61 bits per heavy atom. The van der Waals surface area contributed by atoms with Crippen LogP contribution in [0.25, 0.3) is 22.1 Å². The molecule has 0 aliphatic carbocycles. The molecule has 236 valence electrons. The minimum absolute atomic E-state index is 0.0427. The number of carbonyl (C=O) groups excluding carboxylic acids is 1. The molecule has 1 N–H and O–H groups in total. The van der Waals surface area contributed by atoms with Crippen LogP contribution in [0.3, 0.4) is 0 Å². The number of fused-ring (bicyclic) bond motifs is 3. The molecule has 0 saturated heterocycles. The van der Waals surface area contributed by atoms with Crippen molar-refractivity contribution in [3.63, 3.8) is 0 Å². The van der Waals surface area contributed by atoms with Crippen molar-refractivity contribution in [2.24, 2.45) is 0 Å². The highest BCUT2D eigenvalue weighted by atomic mass is 16.5. The van der Waals surface area contributed by atoms with Gasteiger partial charge in [0.2, 0.25) is 5.43 Å². The fourth-order valence-electron chi connectivity index (χ4n) is 5.79. The summed E-state index contributed by atoms with van der Waals surface area (Å²) in [4.78, 5) is 26.8. The number of hydrogen-bond donors (Lipinski definition) is 1. The summed E-state index contributed by atoms with van der Waals surface area (Å²) >= 11 is 0. The Balaban J connectivity index is 1.44. The number of carbonyl (C=O) groups is 1. The summed E-state index contributed by atoms with van der Waals surface area (Å²) in [6, 6.07) is 19.4. The van der Waals surface area contributed by atoms with Gasteiger partial charge < -0.3 is 37.9 Å². The largest absolute Gasteiger partial charge is 0.507 e. The van der Waals surface area contributed by atoms with Crippen LogP contribution < -0.4 is 33.8 Å². The molecule has 10 nitrogen and oxygen atoms in total. The molecule has 5 aromatic rings. The second-order valence-corrected chi connectivity index (χ2v) is 10.6. The molecule has 1 aliphatic rings. The lowest BCUT2D eigenvalue weighted by Gasteiger charge is -2.28. The Labute approximate surface area is 264 Å². The molecule has 10 heteroatoms. The van der Waals surface area contributed by atoms with Gasteiger partial charge in [0.25, 0.3) is 0 Å². The third-order valence-corrected chi connectivity index (χ3v) is 8.07. The Hall–Kier alpha value is -5.64. The van der Waals surface area contributed by atoms with Crippen LogP contribution in [0.15, 0.2) is 82.2 Å². The molecule has 0 radical (unpaired) electrons. The van der Waals surface area contributed by atoms with E-state index in [4.69, 9.17) is 32.8 Å². The zero-order chi connectivity index (χ0) is 32.4. The van der Waals surface area contributed by atoms with Crippen molar-refractivity contribution in [2.75, 3.05) is 35.0 Å². The molecule has 6 rings (SSSR count). The van der Waals surface area contributed by atoms with E-state index in [0.29, 0.717) is 52.7 Å². The van der Waals surface area contributed by atoms with Gasteiger partial charge >= 0.3 is 5.97 Å². The molecular formula is C36H32O10. The first-order valence-corrected chi connectivity index (χ1v) is 14.5. The van der Waals surface area contributed by atoms with E-state index in [1.807, 2.05) is 30.3 Å². The Kier molecular flexibility index (Phi) is 8.43. The molecule has 0 saturated carbocycles. The number of methoxy groups -OCH3 is 4. The highest BCUT2D eigenvalue weighted by Crippen LogP contribution is 2.49. The molecule has 1 aromatic heterocycles. The molecule has 0 bridgehead atoms. The second-order valence-electron chi connectivity index (χ2n) is 10.6. The van der Waals surface area contributed by atoms with Crippen LogP contribution in [0.5, 0.6) is 40.2 Å². The molecule has 46 heavy (non-hydrogen) atoms. The van der Waals surface area contributed by atoms with Crippen molar-refractivity contribution in [3.8, 4) is 51.4 Å². The Morgan fingerprint density at radius 3 is 2.33 bits per heavy atom. The number of phenols is 1. The summed E-state index contributed by atoms with van der Waals surface area (Å²) < 4.78 is 39.7. The van der Waals surface area contributed by atoms with Gasteiger partial charge in [-0.25, -0.2) is 0 Å². The molecule has 1 atom stereocenters. The smallest absolute Gasteiger partial charge is 0.312 e. The molecule has 0 amide bonds. The average molecular weight is 625 g/mol. The number of aromatic hydroxyl groups is 1. The predicted molar refractivity (Wildman–Crippen MR) is 170 cm³/mol. The number of phenolic OH excluding ortho intramolecular Hbond substituents is 1. The monoisotopic (exact) mass is 624 g/mol. The highest BCUT2D eigenvalue weighted by molar-refractivity contribution is 5.94. The fourth-order valence-corrected chi connectivity index (χ4v) is 5.79. The first-order chi connectivity index (χ1) is 22.4. The summed E-state index contributed by atoms with van der Waals surface area (Å²) in [6.07, 6.45) is 1.88. The zero-order valence-electron chi connectivity index (χ0n) is 25.7. The predicted octanol–water partition coefficient (Wildman–Crippen LogP) is 6.26. The van der Waals surface area contributed by atoms with E-state index in [2.05, 4.69) is 0 Å². The van der Waals surface area contributed by atoms with Crippen LogP contribution in [-0.2, 0) is 11.2 Å². The lowest BCUT2D eigenvalue weighted by atomic mass is 9.84. The van der Waals surface area contributed by atoms with Crippen LogP contribution in [0.4, 0.5) is 0 Å². The number of esters is 1. The number of benzene rings is 4. The highest BCUT2D eigenvalue weighted by Gasteiger charge is 2.36. The van der Waals surface area contributed by atoms with E-state index in [1.54, 1.807) is 44.6 Å². The summed E-state index contributed by atoms with van der Waals surface area (Å²) in [5.41, 5.74) is 2.49. The first-order valence-electron chi connectivity index (χ1n) is 14.5. The third-order valence-electron chi connectivity index (χ3n) is 8.07. The van der Waals surface area contributed by atoms with Gasteiger partial charge in [-0.2, -0.15) is 0 Å². The van der Waals surface area contributed by atoms with Gasteiger partial charge in [0.05, 0.1) is 47.0 Å². The van der Waals surface area contributed by atoms with E-state index >= 15 is 0 Å². The van der Waals surface area contributed by atoms with Crippen LogP contribution in [-0.4, -0.2) is 46.1 Å². The Bertz CT molecular complexity index is 1980. The minimum atomic E-state index is -0.638. The normalized spacial score (nSPS) is 13.9. The second kappa shape index (κ2) is 12.8. The lowest BCUT2D eigenvalue weighted by Crippen LogP contribution is -2.22. The van der Waals surface area contributed by atoms with Gasteiger partial charge in [-0.3, -0.25) is 9.59 Å². The number of rotatable bonds is 10. The van der Waals surface area contributed by atoms with E-state index in [1.165, 1.54) is 26.5 Å². The number of ether oxygens (including phenoxy) is 6. The minimum Gasteiger partial charge on any atom is -0.507 e. The summed E-state index contributed by atoms with van der Waals surface area (Å²) in [7, 11) is 6.18. The number of hydrogen-bond acceptors (Lipinski definition) is 10. The van der Waals surface area contributed by atoms with Gasteiger partial charge in [-0.05, 0) is 41.5 Å². The van der Waals surface area contributed by atoms with E-state index in [0.717, 1.165) is 11.3 Å². The van der Waals surface area contributed by atoms with Crippen molar-refractivity contribution < 1.29 is 42.7 Å². The molecule has 0 fully saturated rings. The standard InChI is InChI=1S/C36H32O10/c1-40-22-11-8-20(9-12-22)14-15-44-35-23(6-5-7-28(35)42-3)24-17-31(38)46-30-18-26(37)33-34(39)25(19-45-36(33)32(24)30)21-10-13-27(41-2)29(16-21)43-4/h5-13,16,18-19,24,37H,14-15,17H2,1-4H3/t24-/m0/s1. The molecule has 0 spiro atoms. The molecule has 4 aromatic carbocycles. The summed E-state index contributed by atoms with van der Waals surface area (Å²) in [5, 5.41) is 11.0. The fraction of sp³-hybridized carbons (Fsp3) is 0.222. The zero-order valence-corrected chi connectivity index (χ0v) is 25.7. The summed E-state index contributed by atoms with van der Waals surface area (Å²) in [6.45, 7) is 0.323. The molecule has 2 heterocycles. The summed E-state index contributed by atoms with van der Waals surface area (Å²) in [5.74, 6) is 1.20. The van der Waals surface area contributed by atoms with Crippen molar-refractivity contribution in [1.82, 2.24) is 0 Å². The first kappa shape index (κ1) is 30.4. The van der Waals surface area contributed by atoms with Crippen LogP contribution in [0, 0.1) is 0 Å². The van der Waals surface area contributed by atoms with Crippen LogP contribution in [0.1, 0.15) is 29.0 Å². The van der Waals surface area contributed by atoms with Gasteiger partial charge in [0.15, 0.2) is 23.0 Å². The van der Waals surface area contributed by atoms with E-state index in [9.17, 15) is 14.7 Å². The van der Waals surface area contributed by atoms with Crippen LogP contribution in [0.2, 0.25) is 0 Å². The van der Waals surface area contributed by atoms with Gasteiger partial charge in [-0.1, -0.05) is 30.3 Å². The van der Waals surface area contributed by atoms with Crippen molar-refractivity contribution in [2.45, 2.75) is 18.8 Å². The third kappa shape index (κ3) is 5.53. The molecule has 1 aliphatic heterocycles. The van der Waals surface area contributed by atoms with E-state index < -0.39 is 17.3 Å². The maximum absolute atomic E-state index is 13.9. The van der Waals surface area contributed by atoms with E-state index in [-0.39, 0.29) is 34.5 Å². The van der Waals surface area contributed by atoms with Crippen molar-refractivity contribution in [1.29, 1.82) is 0 Å². The Morgan fingerprint density at radius 1 is 0.848 bits per heavy atom. The van der Waals surface area contributed by atoms with Crippen LogP contribution >= 0.6 is 0 Å². The topological polar surface area (TPSA) is 123 Å². The maximum Gasteiger partial charge on any atom is 0.312 e. The average Bonchev–Trinajstić information content (AvgIpc) is 3.07. The quantitative estimate of drug-likeness (QED) is 0.141. The number of para-hydroxylation sites is 1. The lowest BCUT2D eigenvalue weighted by molar-refractivity contribution is -0.135. The van der Waals surface area contributed by atoms with Gasteiger partial charge in [0.1, 0.15) is 34.5 Å².